The Morgan fingerprint density at radius 1 is 1.09 bits per heavy atom. The zero-order valence-electron chi connectivity index (χ0n) is 18.9. The van der Waals surface area contributed by atoms with Crippen LogP contribution in [0.5, 0.6) is 0 Å². The van der Waals surface area contributed by atoms with Crippen LogP contribution in [0, 0.1) is 10.1 Å². The number of aliphatic hydroxyl groups excluding tert-OH is 4. The molecule has 0 saturated carbocycles. The van der Waals surface area contributed by atoms with Gasteiger partial charge >= 0.3 is 0 Å². The fourth-order valence-corrected chi connectivity index (χ4v) is 4.49. The summed E-state index contributed by atoms with van der Waals surface area (Å²) in [4.78, 5) is 15.1. The minimum absolute atomic E-state index is 0.0680. The van der Waals surface area contributed by atoms with E-state index >= 15 is 0 Å². The second-order valence-electron chi connectivity index (χ2n) is 8.69. The number of unbranched alkanes of at least 4 members (excludes halogenated alkanes) is 3. The molecule has 0 bridgehead atoms. The van der Waals surface area contributed by atoms with E-state index in [0.29, 0.717) is 32.0 Å². The maximum Gasteiger partial charge on any atom is 0.294 e. The van der Waals surface area contributed by atoms with Crippen molar-refractivity contribution in [3.8, 4) is 0 Å². The predicted molar refractivity (Wildman–Crippen MR) is 124 cm³/mol. The van der Waals surface area contributed by atoms with Crippen molar-refractivity contribution in [2.24, 2.45) is 0 Å². The molecule has 1 aromatic rings. The van der Waals surface area contributed by atoms with Gasteiger partial charge in [0.05, 0.1) is 36.9 Å². The van der Waals surface area contributed by atoms with Crippen LogP contribution in [0.4, 0.5) is 17.1 Å². The number of likely N-dealkylation sites (tertiary alicyclic amines) is 1. The maximum atomic E-state index is 11.5. The van der Waals surface area contributed by atoms with Crippen molar-refractivity contribution in [2.45, 2.75) is 50.0 Å². The summed E-state index contributed by atoms with van der Waals surface area (Å²) < 4.78 is 5.34. The predicted octanol–water partition coefficient (Wildman–Crippen LogP) is 0.163. The highest BCUT2D eigenvalue weighted by molar-refractivity contribution is 5.68. The summed E-state index contributed by atoms with van der Waals surface area (Å²) >= 11 is 0. The lowest BCUT2D eigenvalue weighted by atomic mass is 9.94. The van der Waals surface area contributed by atoms with Gasteiger partial charge in [-0.3, -0.25) is 15.0 Å². The number of nitro benzene ring substituents is 1. The van der Waals surface area contributed by atoms with E-state index in [-0.39, 0.29) is 23.8 Å². The van der Waals surface area contributed by atoms with E-state index in [1.54, 1.807) is 12.1 Å². The molecule has 4 atom stereocenters. The van der Waals surface area contributed by atoms with Gasteiger partial charge in [-0.15, -0.1) is 0 Å². The number of ether oxygens (including phenoxy) is 1. The molecule has 1 aromatic carbocycles. The van der Waals surface area contributed by atoms with Gasteiger partial charge < -0.3 is 35.4 Å². The van der Waals surface area contributed by atoms with E-state index < -0.39 is 24.4 Å². The molecule has 0 aliphatic carbocycles. The Morgan fingerprint density at radius 3 is 2.52 bits per heavy atom. The molecule has 3 unspecified atom stereocenters. The summed E-state index contributed by atoms with van der Waals surface area (Å²) in [5.41, 5.74) is 1.41. The standard InChI is InChI=1S/C22H36N4O7/c27-15-19-21(29)22(30)20(28)14-25(19)8-4-2-1-3-7-23-17-6-5-16(13-18(17)26(31)32)24-9-11-33-12-10-24/h5-6,13,19-23,27-30H,1-4,7-12,14-15H2/t19-,20?,21?,22?/m0/s1. The summed E-state index contributed by atoms with van der Waals surface area (Å²) in [7, 11) is 0. The Labute approximate surface area is 193 Å². The van der Waals surface area contributed by atoms with Crippen LogP contribution in [0.2, 0.25) is 0 Å². The molecule has 2 aliphatic rings. The topological polar surface area (TPSA) is 152 Å². The minimum Gasteiger partial charge on any atom is -0.395 e. The summed E-state index contributed by atoms with van der Waals surface area (Å²) in [6, 6.07) is 4.70. The molecule has 0 amide bonds. The van der Waals surface area contributed by atoms with Crippen molar-refractivity contribution in [3.05, 3.63) is 28.3 Å². The van der Waals surface area contributed by atoms with E-state index in [9.17, 15) is 30.5 Å². The van der Waals surface area contributed by atoms with Crippen LogP contribution in [-0.2, 0) is 4.74 Å². The number of β-amino-alcohol motifs (C(OH)–C–C–N with tert-alkyl or cyclic N) is 1. The van der Waals surface area contributed by atoms with E-state index in [4.69, 9.17) is 4.74 Å². The number of hydrogen-bond donors (Lipinski definition) is 5. The zero-order valence-corrected chi connectivity index (χ0v) is 18.9. The Hall–Kier alpha value is -2.02. The van der Waals surface area contributed by atoms with Crippen LogP contribution in [0.3, 0.4) is 0 Å². The molecular formula is C22H36N4O7. The highest BCUT2D eigenvalue weighted by Gasteiger charge is 2.40. The normalized spacial score (nSPS) is 26.4. The molecule has 2 heterocycles. The van der Waals surface area contributed by atoms with Gasteiger partial charge in [-0.25, -0.2) is 0 Å². The Balaban J connectivity index is 1.39. The zero-order chi connectivity index (χ0) is 23.8. The number of piperidine rings is 1. The quantitative estimate of drug-likeness (QED) is 0.173. The van der Waals surface area contributed by atoms with E-state index in [2.05, 4.69) is 10.2 Å². The first kappa shape index (κ1) is 25.6. The van der Waals surface area contributed by atoms with Gasteiger partial charge in [-0.1, -0.05) is 12.8 Å². The summed E-state index contributed by atoms with van der Waals surface area (Å²) in [5.74, 6) is 0. The van der Waals surface area contributed by atoms with Crippen molar-refractivity contribution >= 4 is 17.1 Å². The third-order valence-electron chi connectivity index (χ3n) is 6.46. The molecule has 33 heavy (non-hydrogen) atoms. The number of nitrogens with one attached hydrogen (secondary N) is 1. The monoisotopic (exact) mass is 468 g/mol. The van der Waals surface area contributed by atoms with Gasteiger partial charge in [-0.2, -0.15) is 0 Å². The van der Waals surface area contributed by atoms with E-state index in [1.165, 1.54) is 0 Å². The van der Waals surface area contributed by atoms with Crippen molar-refractivity contribution in [1.29, 1.82) is 0 Å². The number of morpholine rings is 1. The first-order valence-corrected chi connectivity index (χ1v) is 11.7. The third-order valence-corrected chi connectivity index (χ3v) is 6.46. The van der Waals surface area contributed by atoms with Gasteiger partial charge in [0, 0.05) is 37.9 Å². The lowest BCUT2D eigenvalue weighted by Gasteiger charge is -2.43. The smallest absolute Gasteiger partial charge is 0.294 e. The molecule has 2 aliphatic heterocycles. The number of anilines is 2. The fraction of sp³-hybridized carbons (Fsp3) is 0.727. The van der Waals surface area contributed by atoms with E-state index in [0.717, 1.165) is 44.5 Å². The highest BCUT2D eigenvalue weighted by Crippen LogP contribution is 2.30. The highest BCUT2D eigenvalue weighted by atomic mass is 16.6. The van der Waals surface area contributed by atoms with E-state index in [1.807, 2.05) is 11.0 Å². The number of nitro groups is 1. The molecule has 3 rings (SSSR count). The van der Waals surface area contributed by atoms with Crippen LogP contribution in [0.15, 0.2) is 18.2 Å². The van der Waals surface area contributed by atoms with Crippen LogP contribution in [-0.4, -0.2) is 107 Å². The number of aliphatic hydroxyl groups is 4. The number of benzene rings is 1. The van der Waals surface area contributed by atoms with Crippen molar-refractivity contribution in [3.63, 3.8) is 0 Å². The van der Waals surface area contributed by atoms with Crippen LogP contribution in [0.25, 0.3) is 0 Å². The van der Waals surface area contributed by atoms with Crippen molar-refractivity contribution in [2.75, 3.05) is 62.8 Å². The second kappa shape index (κ2) is 12.4. The fourth-order valence-electron chi connectivity index (χ4n) is 4.49. The van der Waals surface area contributed by atoms with Crippen LogP contribution >= 0.6 is 0 Å². The number of hydrogen-bond acceptors (Lipinski definition) is 10. The third kappa shape index (κ3) is 6.75. The molecule has 186 valence electrons. The molecule has 11 nitrogen and oxygen atoms in total. The molecule has 5 N–H and O–H groups in total. The van der Waals surface area contributed by atoms with Crippen molar-refractivity contribution < 1.29 is 30.1 Å². The number of nitrogens with zero attached hydrogens (tertiary/aromatic N) is 3. The van der Waals surface area contributed by atoms with Crippen LogP contribution < -0.4 is 10.2 Å². The summed E-state index contributed by atoms with van der Waals surface area (Å²) in [5, 5.41) is 53.9. The lowest BCUT2D eigenvalue weighted by molar-refractivity contribution is -0.383. The molecule has 0 aromatic heterocycles. The Morgan fingerprint density at radius 2 is 1.82 bits per heavy atom. The molecule has 2 fully saturated rings. The lowest BCUT2D eigenvalue weighted by Crippen LogP contribution is -2.62. The summed E-state index contributed by atoms with van der Waals surface area (Å²) in [6.45, 7) is 3.84. The SMILES string of the molecule is O=[N+]([O-])c1cc(N2CCOCC2)ccc1NCCCCCCN1CC(O)C(O)C(O)[C@@H]1CO. The molecule has 11 heteroatoms. The second-order valence-corrected chi connectivity index (χ2v) is 8.69. The maximum absolute atomic E-state index is 11.5. The van der Waals surface area contributed by atoms with Crippen molar-refractivity contribution in [1.82, 2.24) is 4.90 Å². The van der Waals surface area contributed by atoms with Gasteiger partial charge in [0.25, 0.3) is 5.69 Å². The minimum atomic E-state index is -1.24. The largest absolute Gasteiger partial charge is 0.395 e. The molecular weight excluding hydrogens is 432 g/mol. The average molecular weight is 469 g/mol. The Bertz CT molecular complexity index is 762. The van der Waals surface area contributed by atoms with Gasteiger partial charge in [0.2, 0.25) is 0 Å². The van der Waals surface area contributed by atoms with Gasteiger partial charge in [0.1, 0.15) is 17.9 Å². The van der Waals surface area contributed by atoms with Gasteiger partial charge in [0.15, 0.2) is 0 Å². The molecule has 0 radical (unpaired) electrons. The molecule has 0 spiro atoms. The Kier molecular flexibility index (Phi) is 9.65. The average Bonchev–Trinajstić information content (AvgIpc) is 2.82. The molecule has 2 saturated heterocycles. The van der Waals surface area contributed by atoms with Gasteiger partial charge in [-0.05, 0) is 31.5 Å². The first-order chi connectivity index (χ1) is 15.9. The summed E-state index contributed by atoms with van der Waals surface area (Å²) in [6.07, 6.45) is 0.0411. The van der Waals surface area contributed by atoms with Crippen LogP contribution in [0.1, 0.15) is 25.7 Å². The number of rotatable bonds is 11. The first-order valence-electron chi connectivity index (χ1n) is 11.7.